The van der Waals surface area contributed by atoms with Gasteiger partial charge in [-0.25, -0.2) is 0 Å². The fourth-order valence-electron chi connectivity index (χ4n) is 1.22. The van der Waals surface area contributed by atoms with E-state index in [4.69, 9.17) is 16.9 Å². The minimum atomic E-state index is 0.611. The zero-order valence-electron chi connectivity index (χ0n) is 7.70. The van der Waals surface area contributed by atoms with Crippen LogP contribution in [0.3, 0.4) is 0 Å². The number of nitrogens with zero attached hydrogens (tertiary/aromatic N) is 1. The van der Waals surface area contributed by atoms with Crippen molar-refractivity contribution in [1.29, 1.82) is 5.26 Å². The number of thiophene rings is 1. The third-order valence-electron chi connectivity index (χ3n) is 1.93. The van der Waals surface area contributed by atoms with Crippen LogP contribution in [0.5, 0.6) is 0 Å². The van der Waals surface area contributed by atoms with Gasteiger partial charge in [-0.1, -0.05) is 23.7 Å². The molecule has 0 unspecified atom stereocenters. The molecule has 0 saturated heterocycles. The molecule has 1 aromatic carbocycles. The van der Waals surface area contributed by atoms with Crippen LogP contribution in [0.2, 0.25) is 4.34 Å². The van der Waals surface area contributed by atoms with E-state index in [9.17, 15) is 0 Å². The van der Waals surface area contributed by atoms with Crippen molar-refractivity contribution in [2.24, 2.45) is 0 Å². The lowest BCUT2D eigenvalue weighted by molar-refractivity contribution is 1.47. The average Bonchev–Trinajstić information content (AvgIpc) is 2.65. The van der Waals surface area contributed by atoms with Crippen molar-refractivity contribution in [3.63, 3.8) is 0 Å². The van der Waals surface area contributed by atoms with E-state index in [-0.39, 0.29) is 0 Å². The summed E-state index contributed by atoms with van der Waals surface area (Å²) in [6.07, 6.45) is 0. The monoisotopic (exact) mass is 234 g/mol. The number of halogens is 1. The number of hydrogen-bond acceptors (Lipinski definition) is 3. The van der Waals surface area contributed by atoms with E-state index in [1.54, 1.807) is 6.07 Å². The van der Waals surface area contributed by atoms with Crippen LogP contribution in [0.4, 0.5) is 11.4 Å². The van der Waals surface area contributed by atoms with Crippen LogP contribution in [0.25, 0.3) is 0 Å². The highest BCUT2D eigenvalue weighted by Crippen LogP contribution is 2.31. The molecule has 1 aromatic heterocycles. The molecule has 1 N–H and O–H groups in total. The van der Waals surface area contributed by atoms with Gasteiger partial charge in [-0.2, -0.15) is 5.26 Å². The minimum Gasteiger partial charge on any atom is -0.353 e. The first-order chi connectivity index (χ1) is 7.31. The van der Waals surface area contributed by atoms with Gasteiger partial charge in [0.1, 0.15) is 10.4 Å². The molecule has 0 spiro atoms. The Morgan fingerprint density at radius 1 is 1.20 bits per heavy atom. The maximum Gasteiger partial charge on any atom is 0.116 e. The van der Waals surface area contributed by atoms with Gasteiger partial charge in [0.15, 0.2) is 0 Å². The maximum atomic E-state index is 8.90. The van der Waals surface area contributed by atoms with Gasteiger partial charge in [-0.05, 0) is 23.6 Å². The van der Waals surface area contributed by atoms with Crippen molar-refractivity contribution >= 4 is 34.3 Å². The molecule has 4 heteroatoms. The molecular weight excluding hydrogens is 228 g/mol. The van der Waals surface area contributed by atoms with Crippen LogP contribution in [0.15, 0.2) is 35.7 Å². The Morgan fingerprint density at radius 3 is 2.67 bits per heavy atom. The molecule has 15 heavy (non-hydrogen) atoms. The van der Waals surface area contributed by atoms with Crippen molar-refractivity contribution < 1.29 is 0 Å². The summed E-state index contributed by atoms with van der Waals surface area (Å²) in [5, 5.41) is 13.9. The largest absolute Gasteiger partial charge is 0.353 e. The maximum absolute atomic E-state index is 8.90. The quantitative estimate of drug-likeness (QED) is 0.852. The lowest BCUT2D eigenvalue weighted by Crippen LogP contribution is -1.91. The molecule has 0 fully saturated rings. The van der Waals surface area contributed by atoms with Crippen LogP contribution in [0, 0.1) is 11.3 Å². The van der Waals surface area contributed by atoms with Gasteiger partial charge in [0, 0.05) is 0 Å². The molecule has 0 aliphatic heterocycles. The second-order valence-corrected chi connectivity index (χ2v) is 4.41. The van der Waals surface area contributed by atoms with Gasteiger partial charge in [0.2, 0.25) is 0 Å². The first kappa shape index (κ1) is 10.0. The Kier molecular flexibility index (Phi) is 2.91. The van der Waals surface area contributed by atoms with Crippen LogP contribution >= 0.6 is 22.9 Å². The van der Waals surface area contributed by atoms with Crippen molar-refractivity contribution in [1.82, 2.24) is 0 Å². The first-order valence-electron chi connectivity index (χ1n) is 4.30. The van der Waals surface area contributed by atoms with Crippen molar-refractivity contribution in [3.05, 3.63) is 45.6 Å². The Bertz CT molecular complexity index is 513. The molecule has 74 valence electrons. The highest BCUT2D eigenvalue weighted by Gasteiger charge is 2.04. The molecule has 0 aliphatic rings. The number of para-hydroxylation sites is 1. The third kappa shape index (κ3) is 2.12. The normalized spacial score (nSPS) is 9.60. The van der Waals surface area contributed by atoms with E-state index >= 15 is 0 Å². The molecule has 2 aromatic rings. The number of nitrogens with one attached hydrogen (secondary N) is 1. The fourth-order valence-corrected chi connectivity index (χ4v) is 2.05. The summed E-state index contributed by atoms with van der Waals surface area (Å²) in [4.78, 5) is 0. The first-order valence-corrected chi connectivity index (χ1v) is 5.56. The van der Waals surface area contributed by atoms with Gasteiger partial charge in [-0.15, -0.1) is 11.3 Å². The predicted molar refractivity (Wildman–Crippen MR) is 63.8 cm³/mol. The molecule has 1 heterocycles. The Morgan fingerprint density at radius 2 is 2.00 bits per heavy atom. The van der Waals surface area contributed by atoms with Crippen LogP contribution in [-0.4, -0.2) is 0 Å². The minimum absolute atomic E-state index is 0.611. The summed E-state index contributed by atoms with van der Waals surface area (Å²) in [5.74, 6) is 0. The molecule has 0 atom stereocenters. The molecule has 0 aliphatic carbocycles. The predicted octanol–water partition coefficient (Wildman–Crippen LogP) is 4.02. The zero-order valence-corrected chi connectivity index (χ0v) is 9.27. The van der Waals surface area contributed by atoms with Gasteiger partial charge < -0.3 is 5.32 Å². The fraction of sp³-hybridized carbons (Fsp3) is 0. The summed E-state index contributed by atoms with van der Waals surface area (Å²) in [7, 11) is 0. The molecule has 0 bridgehead atoms. The van der Waals surface area contributed by atoms with E-state index in [1.807, 2.05) is 29.6 Å². The van der Waals surface area contributed by atoms with Gasteiger partial charge >= 0.3 is 0 Å². The number of benzene rings is 1. The second-order valence-electron chi connectivity index (χ2n) is 2.89. The standard InChI is InChI=1S/C11H7ClN2S/c12-11-10(5-6-15-11)14-9-4-2-1-3-8(9)7-13/h1-6,14H. The van der Waals surface area contributed by atoms with Gasteiger partial charge in [0.05, 0.1) is 16.9 Å². The lowest BCUT2D eigenvalue weighted by Gasteiger charge is -2.05. The number of anilines is 2. The van der Waals surface area contributed by atoms with Crippen LogP contribution in [0.1, 0.15) is 5.56 Å². The Hall–Kier alpha value is -1.50. The van der Waals surface area contributed by atoms with E-state index < -0.39 is 0 Å². The van der Waals surface area contributed by atoms with Crippen molar-refractivity contribution in [3.8, 4) is 6.07 Å². The molecular formula is C11H7ClN2S. The topological polar surface area (TPSA) is 35.8 Å². The highest BCUT2D eigenvalue weighted by atomic mass is 35.5. The van der Waals surface area contributed by atoms with Crippen molar-refractivity contribution in [2.45, 2.75) is 0 Å². The van der Waals surface area contributed by atoms with Gasteiger partial charge in [0.25, 0.3) is 0 Å². The zero-order chi connectivity index (χ0) is 10.7. The smallest absolute Gasteiger partial charge is 0.116 e. The van der Waals surface area contributed by atoms with E-state index in [2.05, 4.69) is 11.4 Å². The molecule has 2 rings (SSSR count). The highest BCUT2D eigenvalue weighted by molar-refractivity contribution is 7.15. The third-order valence-corrected chi connectivity index (χ3v) is 3.10. The molecule has 2 nitrogen and oxygen atoms in total. The van der Waals surface area contributed by atoms with E-state index in [0.29, 0.717) is 9.90 Å². The number of rotatable bonds is 2. The summed E-state index contributed by atoms with van der Waals surface area (Å²) in [6.45, 7) is 0. The van der Waals surface area contributed by atoms with E-state index in [1.165, 1.54) is 11.3 Å². The summed E-state index contributed by atoms with van der Waals surface area (Å²) < 4.78 is 0.697. The second kappa shape index (κ2) is 4.35. The SMILES string of the molecule is N#Cc1ccccc1Nc1ccsc1Cl. The van der Waals surface area contributed by atoms with Gasteiger partial charge in [-0.3, -0.25) is 0 Å². The Labute approximate surface area is 96.7 Å². The summed E-state index contributed by atoms with van der Waals surface area (Å²) >= 11 is 7.42. The van der Waals surface area contributed by atoms with Crippen molar-refractivity contribution in [2.75, 3.05) is 5.32 Å². The number of hydrogen-bond donors (Lipinski definition) is 1. The summed E-state index contributed by atoms with van der Waals surface area (Å²) in [6, 6.07) is 11.3. The van der Waals surface area contributed by atoms with Crippen LogP contribution < -0.4 is 5.32 Å². The van der Waals surface area contributed by atoms with Crippen LogP contribution in [-0.2, 0) is 0 Å². The summed E-state index contributed by atoms with van der Waals surface area (Å²) in [5.41, 5.74) is 2.23. The average molecular weight is 235 g/mol. The van der Waals surface area contributed by atoms with E-state index in [0.717, 1.165) is 11.4 Å². The molecule has 0 amide bonds. The Balaban J connectivity index is 2.33. The number of nitriles is 1. The molecule has 0 saturated carbocycles. The lowest BCUT2D eigenvalue weighted by atomic mass is 10.2. The molecule has 0 radical (unpaired) electrons.